The summed E-state index contributed by atoms with van der Waals surface area (Å²) in [5.41, 5.74) is 11.5. The Kier molecular flexibility index (Phi) is 8.24. The highest BCUT2D eigenvalue weighted by molar-refractivity contribution is 6.14. The van der Waals surface area contributed by atoms with E-state index in [1.807, 2.05) is 0 Å². The normalized spacial score (nSPS) is 11.1. The summed E-state index contributed by atoms with van der Waals surface area (Å²) in [6.07, 6.45) is 0. The zero-order chi connectivity index (χ0) is 34.7. The van der Waals surface area contributed by atoms with Crippen LogP contribution in [0.5, 0.6) is 0 Å². The van der Waals surface area contributed by atoms with Crippen molar-refractivity contribution in [2.24, 2.45) is 0 Å². The van der Waals surface area contributed by atoms with Gasteiger partial charge in [-0.05, 0) is 129 Å². The molecule has 0 N–H and O–H groups in total. The summed E-state index contributed by atoms with van der Waals surface area (Å²) in [5, 5.41) is 4.99. The molecular weight excluding hydrogens is 629 g/mol. The summed E-state index contributed by atoms with van der Waals surface area (Å²) in [5.74, 6) is 0. The fourth-order valence-corrected chi connectivity index (χ4v) is 7.35. The SMILES string of the molecule is c1ccc(N(c2ccccc2)c2ccc(-c3cc4cc(-c5cccc(N(c6ccccc6)c6ccccc6)c5)ccc4c4ccccc34)cc2)cc1. The highest BCUT2D eigenvalue weighted by Gasteiger charge is 2.16. The summed E-state index contributed by atoms with van der Waals surface area (Å²) in [6, 6.07) is 78.2. The first-order chi connectivity index (χ1) is 25.8. The lowest BCUT2D eigenvalue weighted by Crippen LogP contribution is -2.09. The second-order valence-corrected chi connectivity index (χ2v) is 13.0. The van der Waals surface area contributed by atoms with Gasteiger partial charge >= 0.3 is 0 Å². The molecule has 0 aliphatic carbocycles. The highest BCUT2D eigenvalue weighted by Crippen LogP contribution is 2.41. The van der Waals surface area contributed by atoms with E-state index < -0.39 is 0 Å². The van der Waals surface area contributed by atoms with E-state index in [-0.39, 0.29) is 0 Å². The molecule has 0 spiro atoms. The molecule has 9 aromatic carbocycles. The van der Waals surface area contributed by atoms with Gasteiger partial charge < -0.3 is 9.80 Å². The summed E-state index contributed by atoms with van der Waals surface area (Å²) in [6.45, 7) is 0. The Morgan fingerprint density at radius 1 is 0.231 bits per heavy atom. The lowest BCUT2D eigenvalue weighted by Gasteiger charge is -2.26. The van der Waals surface area contributed by atoms with Crippen LogP contribution in [0, 0.1) is 0 Å². The first-order valence-corrected chi connectivity index (χ1v) is 17.8. The zero-order valence-electron chi connectivity index (χ0n) is 28.7. The van der Waals surface area contributed by atoms with Gasteiger partial charge in [-0.3, -0.25) is 0 Å². The van der Waals surface area contributed by atoms with Crippen LogP contribution in [0.2, 0.25) is 0 Å². The van der Waals surface area contributed by atoms with E-state index in [0.717, 1.165) is 34.1 Å². The minimum atomic E-state index is 1.12. The van der Waals surface area contributed by atoms with Crippen LogP contribution >= 0.6 is 0 Å². The average molecular weight is 665 g/mol. The predicted molar refractivity (Wildman–Crippen MR) is 222 cm³/mol. The Morgan fingerprint density at radius 2 is 0.654 bits per heavy atom. The van der Waals surface area contributed by atoms with Crippen LogP contribution in [-0.4, -0.2) is 0 Å². The maximum absolute atomic E-state index is 2.37. The molecule has 0 bridgehead atoms. The quantitative estimate of drug-likeness (QED) is 0.149. The number of hydrogen-bond acceptors (Lipinski definition) is 2. The summed E-state index contributed by atoms with van der Waals surface area (Å²) in [7, 11) is 0. The molecule has 0 amide bonds. The highest BCUT2D eigenvalue weighted by atomic mass is 15.1. The minimum absolute atomic E-state index is 1.12. The predicted octanol–water partition coefficient (Wildman–Crippen LogP) is 14.3. The van der Waals surface area contributed by atoms with Crippen LogP contribution in [-0.2, 0) is 0 Å². The third-order valence-corrected chi connectivity index (χ3v) is 9.79. The van der Waals surface area contributed by atoms with E-state index in [0.29, 0.717) is 0 Å². The van der Waals surface area contributed by atoms with Gasteiger partial charge in [0.2, 0.25) is 0 Å². The van der Waals surface area contributed by atoms with Gasteiger partial charge in [0.1, 0.15) is 0 Å². The minimum Gasteiger partial charge on any atom is -0.311 e. The van der Waals surface area contributed by atoms with Gasteiger partial charge in [0.25, 0.3) is 0 Å². The molecule has 9 aromatic rings. The van der Waals surface area contributed by atoms with Crippen molar-refractivity contribution in [3.63, 3.8) is 0 Å². The van der Waals surface area contributed by atoms with Crippen molar-refractivity contribution in [1.82, 2.24) is 0 Å². The van der Waals surface area contributed by atoms with Gasteiger partial charge in [-0.2, -0.15) is 0 Å². The molecule has 0 radical (unpaired) electrons. The van der Waals surface area contributed by atoms with E-state index in [1.54, 1.807) is 0 Å². The van der Waals surface area contributed by atoms with E-state index in [4.69, 9.17) is 0 Å². The van der Waals surface area contributed by atoms with Crippen molar-refractivity contribution in [3.8, 4) is 22.3 Å². The maximum Gasteiger partial charge on any atom is 0.0467 e. The molecule has 0 aromatic heterocycles. The number of nitrogens with zero attached hydrogens (tertiary/aromatic N) is 2. The van der Waals surface area contributed by atoms with Crippen molar-refractivity contribution >= 4 is 55.7 Å². The molecule has 52 heavy (non-hydrogen) atoms. The fourth-order valence-electron chi connectivity index (χ4n) is 7.35. The fraction of sp³-hybridized carbons (Fsp3) is 0. The molecular formula is C50H36N2. The van der Waals surface area contributed by atoms with Crippen molar-refractivity contribution < 1.29 is 0 Å². The van der Waals surface area contributed by atoms with Gasteiger partial charge in [-0.25, -0.2) is 0 Å². The van der Waals surface area contributed by atoms with Crippen LogP contribution in [0.15, 0.2) is 218 Å². The second kappa shape index (κ2) is 13.8. The molecule has 0 aliphatic heterocycles. The van der Waals surface area contributed by atoms with Gasteiger partial charge in [-0.15, -0.1) is 0 Å². The van der Waals surface area contributed by atoms with Crippen LogP contribution < -0.4 is 9.80 Å². The third kappa shape index (κ3) is 5.97. The smallest absolute Gasteiger partial charge is 0.0467 e. The number of rotatable bonds is 8. The molecule has 0 unspecified atom stereocenters. The Labute approximate surface area is 305 Å². The number of hydrogen-bond donors (Lipinski definition) is 0. The third-order valence-electron chi connectivity index (χ3n) is 9.79. The van der Waals surface area contributed by atoms with Gasteiger partial charge in [0.05, 0.1) is 0 Å². The largest absolute Gasteiger partial charge is 0.311 e. The zero-order valence-corrected chi connectivity index (χ0v) is 28.7. The molecule has 0 atom stereocenters. The van der Waals surface area contributed by atoms with Crippen molar-refractivity contribution in [2.45, 2.75) is 0 Å². The van der Waals surface area contributed by atoms with Gasteiger partial charge in [0.15, 0.2) is 0 Å². The lowest BCUT2D eigenvalue weighted by atomic mass is 9.91. The number of anilines is 6. The molecule has 2 heteroatoms. The number of fused-ring (bicyclic) bond motifs is 3. The van der Waals surface area contributed by atoms with Crippen LogP contribution in [0.1, 0.15) is 0 Å². The second-order valence-electron chi connectivity index (χ2n) is 13.0. The Balaban J connectivity index is 1.13. The van der Waals surface area contributed by atoms with E-state index >= 15 is 0 Å². The van der Waals surface area contributed by atoms with E-state index in [9.17, 15) is 0 Å². The standard InChI is InChI=1S/C50H36N2/c1-5-17-41(18-6-1)51(42-19-7-2-8-20-42)45-31-28-37(29-32-45)50-36-40-34-39(30-33-47(40)48-26-13-14-27-49(48)50)38-16-15-25-46(35-38)52(43-21-9-3-10-22-43)44-23-11-4-12-24-44/h1-36H. The van der Waals surface area contributed by atoms with E-state index in [1.165, 1.54) is 43.8 Å². The van der Waals surface area contributed by atoms with Gasteiger partial charge in [-0.1, -0.05) is 133 Å². The lowest BCUT2D eigenvalue weighted by molar-refractivity contribution is 1.28. The Bertz CT molecular complexity index is 2520. The molecule has 0 saturated carbocycles. The van der Waals surface area contributed by atoms with Crippen molar-refractivity contribution in [2.75, 3.05) is 9.80 Å². The number of para-hydroxylation sites is 4. The summed E-state index contributed by atoms with van der Waals surface area (Å²) < 4.78 is 0. The van der Waals surface area contributed by atoms with Crippen molar-refractivity contribution in [3.05, 3.63) is 218 Å². The molecule has 0 saturated heterocycles. The monoisotopic (exact) mass is 664 g/mol. The molecule has 246 valence electrons. The summed E-state index contributed by atoms with van der Waals surface area (Å²) >= 11 is 0. The van der Waals surface area contributed by atoms with Crippen molar-refractivity contribution in [1.29, 1.82) is 0 Å². The molecule has 0 fully saturated rings. The van der Waals surface area contributed by atoms with Crippen LogP contribution in [0.3, 0.4) is 0 Å². The molecule has 2 nitrogen and oxygen atoms in total. The number of benzene rings is 9. The Hall–Kier alpha value is -6.90. The maximum atomic E-state index is 2.37. The van der Waals surface area contributed by atoms with E-state index in [2.05, 4.69) is 228 Å². The van der Waals surface area contributed by atoms with Gasteiger partial charge in [0, 0.05) is 34.1 Å². The Morgan fingerprint density at radius 3 is 1.21 bits per heavy atom. The topological polar surface area (TPSA) is 6.48 Å². The average Bonchev–Trinajstić information content (AvgIpc) is 3.22. The van der Waals surface area contributed by atoms with Crippen LogP contribution in [0.25, 0.3) is 43.8 Å². The molecule has 9 rings (SSSR count). The molecule has 0 aliphatic rings. The first kappa shape index (κ1) is 31.1. The first-order valence-electron chi connectivity index (χ1n) is 17.8. The molecule has 0 heterocycles. The van der Waals surface area contributed by atoms with Crippen LogP contribution in [0.4, 0.5) is 34.1 Å². The summed E-state index contributed by atoms with van der Waals surface area (Å²) in [4.78, 5) is 4.62.